The van der Waals surface area contributed by atoms with E-state index in [4.69, 9.17) is 16.3 Å². The first-order chi connectivity index (χ1) is 14.1. The number of carbonyl (C=O) groups excluding carboxylic acids is 1. The minimum absolute atomic E-state index is 0.329. The summed E-state index contributed by atoms with van der Waals surface area (Å²) in [6.07, 6.45) is 1.78. The first kappa shape index (κ1) is 19.3. The van der Waals surface area contributed by atoms with Crippen LogP contribution in [0.5, 0.6) is 11.5 Å². The zero-order valence-electron chi connectivity index (χ0n) is 15.7. The molecule has 6 heteroatoms. The molecule has 3 aromatic carbocycles. The molecule has 4 rings (SSSR count). The van der Waals surface area contributed by atoms with Crippen molar-refractivity contribution >= 4 is 29.0 Å². The maximum Gasteiger partial charge on any atom is 0.323 e. The largest absolute Gasteiger partial charge is 0.457 e. The number of anilines is 2. The Morgan fingerprint density at radius 1 is 0.966 bits per heavy atom. The lowest BCUT2D eigenvalue weighted by Crippen LogP contribution is -2.24. The normalized spacial score (nSPS) is 15.3. The van der Waals surface area contributed by atoms with E-state index in [-0.39, 0.29) is 12.1 Å². The molecule has 1 atom stereocenters. The predicted molar refractivity (Wildman–Crippen MR) is 115 cm³/mol. The lowest BCUT2D eigenvalue weighted by molar-refractivity contribution is 0.159. The molecule has 0 fully saturated rings. The molecule has 1 aliphatic rings. The second-order valence-corrected chi connectivity index (χ2v) is 7.44. The van der Waals surface area contributed by atoms with E-state index in [1.54, 1.807) is 48.5 Å². The number of rotatable bonds is 4. The van der Waals surface area contributed by atoms with Crippen LogP contribution < -0.4 is 15.4 Å². The van der Waals surface area contributed by atoms with E-state index in [0.717, 1.165) is 24.1 Å². The fourth-order valence-corrected chi connectivity index (χ4v) is 3.54. The standard InChI is InChI=1S/C23H21ClN2O3/c24-16-5-10-19(11-6-16)29-20-12-7-17(8-13-20)25-23(28)26-22-3-1-2-15-4-9-18(27)14-21(15)22/h1-3,5-8,10-13,18,27H,4,9,14H2,(H2,25,26,28). The minimum atomic E-state index is -0.360. The molecule has 0 saturated heterocycles. The third kappa shape index (κ3) is 4.88. The first-order valence-corrected chi connectivity index (χ1v) is 9.85. The van der Waals surface area contributed by atoms with Crippen LogP contribution in [0.1, 0.15) is 17.5 Å². The Labute approximate surface area is 174 Å². The maximum atomic E-state index is 12.4. The highest BCUT2D eigenvalue weighted by Crippen LogP contribution is 2.28. The fourth-order valence-electron chi connectivity index (χ4n) is 3.42. The van der Waals surface area contributed by atoms with Gasteiger partial charge in [0.1, 0.15) is 11.5 Å². The molecule has 0 bridgehead atoms. The number of fused-ring (bicyclic) bond motifs is 1. The maximum absolute atomic E-state index is 12.4. The average molecular weight is 409 g/mol. The second-order valence-electron chi connectivity index (χ2n) is 7.00. The summed E-state index contributed by atoms with van der Waals surface area (Å²) in [6, 6.07) is 19.7. The van der Waals surface area contributed by atoms with Crippen molar-refractivity contribution in [1.82, 2.24) is 0 Å². The van der Waals surface area contributed by atoms with Crippen LogP contribution in [-0.4, -0.2) is 17.2 Å². The van der Waals surface area contributed by atoms with Crippen LogP contribution in [0.3, 0.4) is 0 Å². The zero-order valence-corrected chi connectivity index (χ0v) is 16.4. The SMILES string of the molecule is O=C(Nc1ccc(Oc2ccc(Cl)cc2)cc1)Nc1cccc2c1CC(O)CC2. The third-order valence-corrected chi connectivity index (χ3v) is 5.12. The van der Waals surface area contributed by atoms with Crippen LogP contribution in [0.25, 0.3) is 0 Å². The van der Waals surface area contributed by atoms with Crippen LogP contribution in [0.15, 0.2) is 66.7 Å². The van der Waals surface area contributed by atoms with Crippen LogP contribution in [-0.2, 0) is 12.8 Å². The van der Waals surface area contributed by atoms with Crippen molar-refractivity contribution < 1.29 is 14.6 Å². The van der Waals surface area contributed by atoms with Crippen LogP contribution >= 0.6 is 11.6 Å². The Morgan fingerprint density at radius 2 is 1.66 bits per heavy atom. The van der Waals surface area contributed by atoms with Crippen LogP contribution in [0.2, 0.25) is 5.02 Å². The van der Waals surface area contributed by atoms with Crippen LogP contribution in [0.4, 0.5) is 16.2 Å². The number of hydrogen-bond acceptors (Lipinski definition) is 3. The summed E-state index contributed by atoms with van der Waals surface area (Å²) in [7, 11) is 0. The number of urea groups is 1. The van der Waals surface area contributed by atoms with Gasteiger partial charge in [0.25, 0.3) is 0 Å². The van der Waals surface area contributed by atoms with Crippen molar-refractivity contribution in [3.05, 3.63) is 82.9 Å². The number of aliphatic hydroxyl groups excluding tert-OH is 1. The van der Waals surface area contributed by atoms with Gasteiger partial charge in [0, 0.05) is 22.8 Å². The van der Waals surface area contributed by atoms with Gasteiger partial charge in [-0.3, -0.25) is 0 Å². The zero-order chi connectivity index (χ0) is 20.2. The second kappa shape index (κ2) is 8.55. The molecule has 0 aromatic heterocycles. The van der Waals surface area contributed by atoms with Crippen molar-refractivity contribution in [2.75, 3.05) is 10.6 Å². The summed E-state index contributed by atoms with van der Waals surface area (Å²) in [6.45, 7) is 0. The van der Waals surface area contributed by atoms with Crippen molar-refractivity contribution in [3.63, 3.8) is 0 Å². The van der Waals surface area contributed by atoms with Crippen molar-refractivity contribution in [1.29, 1.82) is 0 Å². The topological polar surface area (TPSA) is 70.6 Å². The highest BCUT2D eigenvalue weighted by Gasteiger charge is 2.19. The Morgan fingerprint density at radius 3 is 2.38 bits per heavy atom. The highest BCUT2D eigenvalue weighted by atomic mass is 35.5. The number of hydrogen-bond donors (Lipinski definition) is 3. The molecular weight excluding hydrogens is 388 g/mol. The molecule has 148 valence electrons. The minimum Gasteiger partial charge on any atom is -0.457 e. The van der Waals surface area contributed by atoms with Gasteiger partial charge in [-0.25, -0.2) is 4.79 Å². The van der Waals surface area contributed by atoms with Gasteiger partial charge in [-0.05, 0) is 78.6 Å². The Kier molecular flexibility index (Phi) is 5.69. The molecule has 0 heterocycles. The molecule has 29 heavy (non-hydrogen) atoms. The number of carbonyl (C=O) groups is 1. The summed E-state index contributed by atoms with van der Waals surface area (Å²) in [5.41, 5.74) is 3.57. The molecule has 1 unspecified atom stereocenters. The van der Waals surface area contributed by atoms with E-state index in [1.807, 2.05) is 18.2 Å². The molecule has 1 aliphatic carbocycles. The van der Waals surface area contributed by atoms with Gasteiger partial charge in [0.05, 0.1) is 6.10 Å². The first-order valence-electron chi connectivity index (χ1n) is 9.47. The summed E-state index contributed by atoms with van der Waals surface area (Å²) in [4.78, 5) is 12.4. The number of halogens is 1. The molecule has 3 N–H and O–H groups in total. The molecule has 3 aromatic rings. The molecule has 0 aliphatic heterocycles. The lowest BCUT2D eigenvalue weighted by atomic mass is 9.88. The van der Waals surface area contributed by atoms with Crippen molar-refractivity contribution in [2.24, 2.45) is 0 Å². The summed E-state index contributed by atoms with van der Waals surface area (Å²) in [5.74, 6) is 1.34. The number of amides is 2. The van der Waals surface area contributed by atoms with Crippen molar-refractivity contribution in [2.45, 2.75) is 25.4 Å². The summed E-state index contributed by atoms with van der Waals surface area (Å²) < 4.78 is 5.75. The summed E-state index contributed by atoms with van der Waals surface area (Å²) in [5, 5.41) is 16.3. The average Bonchev–Trinajstić information content (AvgIpc) is 2.71. The van der Waals surface area contributed by atoms with E-state index in [0.29, 0.717) is 28.6 Å². The monoisotopic (exact) mass is 408 g/mol. The predicted octanol–water partition coefficient (Wildman–Crippen LogP) is 5.63. The summed E-state index contributed by atoms with van der Waals surface area (Å²) >= 11 is 5.87. The Balaban J connectivity index is 1.38. The van der Waals surface area contributed by atoms with Gasteiger partial charge in [-0.1, -0.05) is 23.7 Å². The molecule has 0 saturated carbocycles. The van der Waals surface area contributed by atoms with Gasteiger partial charge >= 0.3 is 6.03 Å². The molecule has 2 amide bonds. The van der Waals surface area contributed by atoms with E-state index in [9.17, 15) is 9.90 Å². The van der Waals surface area contributed by atoms with Gasteiger partial charge in [-0.2, -0.15) is 0 Å². The molecule has 5 nitrogen and oxygen atoms in total. The Hall–Kier alpha value is -3.02. The highest BCUT2D eigenvalue weighted by molar-refractivity contribution is 6.30. The van der Waals surface area contributed by atoms with Gasteiger partial charge in [0.2, 0.25) is 0 Å². The molecule has 0 spiro atoms. The smallest absolute Gasteiger partial charge is 0.323 e. The number of benzene rings is 3. The van der Waals surface area contributed by atoms with Gasteiger partial charge in [-0.15, -0.1) is 0 Å². The van der Waals surface area contributed by atoms with Crippen LogP contribution in [0, 0.1) is 0 Å². The van der Waals surface area contributed by atoms with E-state index in [2.05, 4.69) is 10.6 Å². The third-order valence-electron chi connectivity index (χ3n) is 4.87. The van der Waals surface area contributed by atoms with E-state index < -0.39 is 0 Å². The Bertz CT molecular complexity index is 1000. The van der Waals surface area contributed by atoms with Gasteiger partial charge in [0.15, 0.2) is 0 Å². The number of nitrogens with one attached hydrogen (secondary N) is 2. The van der Waals surface area contributed by atoms with Crippen molar-refractivity contribution in [3.8, 4) is 11.5 Å². The lowest BCUT2D eigenvalue weighted by Gasteiger charge is -2.23. The quantitative estimate of drug-likeness (QED) is 0.524. The molecule has 0 radical (unpaired) electrons. The number of aliphatic hydroxyl groups is 1. The molecular formula is C23H21ClN2O3. The van der Waals surface area contributed by atoms with E-state index in [1.165, 1.54) is 5.56 Å². The number of ether oxygens (including phenoxy) is 1. The van der Waals surface area contributed by atoms with E-state index >= 15 is 0 Å². The fraction of sp³-hybridized carbons (Fsp3) is 0.174. The van der Waals surface area contributed by atoms with Gasteiger partial charge < -0.3 is 20.5 Å². The number of aryl methyl sites for hydroxylation is 1.